The predicted molar refractivity (Wildman–Crippen MR) is 84.4 cm³/mol. The van der Waals surface area contributed by atoms with Crippen molar-refractivity contribution in [3.63, 3.8) is 0 Å². The molecule has 1 aliphatic rings. The van der Waals surface area contributed by atoms with E-state index in [0.29, 0.717) is 5.02 Å². The number of benzene rings is 1. The first-order chi connectivity index (χ1) is 9.70. The largest absolute Gasteiger partial charge is 0.352 e. The lowest BCUT2D eigenvalue weighted by molar-refractivity contribution is -0.121. The highest BCUT2D eigenvalue weighted by Crippen LogP contribution is 2.32. The van der Waals surface area contributed by atoms with Crippen LogP contribution in [0.25, 0.3) is 0 Å². The molecule has 1 N–H and O–H groups in total. The summed E-state index contributed by atoms with van der Waals surface area (Å²) in [5.41, 5.74) is 0.199. The summed E-state index contributed by atoms with van der Waals surface area (Å²) in [7, 11) is -3.69. The molecule has 21 heavy (non-hydrogen) atoms. The smallest absolute Gasteiger partial charge is 0.243 e. The van der Waals surface area contributed by atoms with Gasteiger partial charge in [0.25, 0.3) is 0 Å². The molecule has 1 saturated carbocycles. The Kier molecular flexibility index (Phi) is 4.70. The molecule has 0 bridgehead atoms. The molecule has 8 heteroatoms. The van der Waals surface area contributed by atoms with Crippen LogP contribution in [0, 0.1) is 0 Å². The molecular weight excluding hydrogens is 335 g/mol. The zero-order valence-corrected chi connectivity index (χ0v) is 14.0. The van der Waals surface area contributed by atoms with Crippen LogP contribution in [0.5, 0.6) is 0 Å². The summed E-state index contributed by atoms with van der Waals surface area (Å²) in [5.74, 6) is -0.348. The number of nitrogens with one attached hydrogen (secondary N) is 1. The molecule has 5 nitrogen and oxygen atoms in total. The van der Waals surface area contributed by atoms with Gasteiger partial charge in [0.1, 0.15) is 6.04 Å². The minimum atomic E-state index is -3.69. The van der Waals surface area contributed by atoms with Crippen molar-refractivity contribution in [1.29, 1.82) is 0 Å². The molecule has 0 heterocycles. The first-order valence-corrected chi connectivity index (χ1v) is 9.05. The Labute approximate surface area is 134 Å². The highest BCUT2D eigenvalue weighted by molar-refractivity contribution is 7.92. The van der Waals surface area contributed by atoms with E-state index in [0.717, 1.165) is 23.4 Å². The van der Waals surface area contributed by atoms with Crippen molar-refractivity contribution in [3.8, 4) is 0 Å². The van der Waals surface area contributed by atoms with E-state index in [2.05, 4.69) is 5.32 Å². The highest BCUT2D eigenvalue weighted by Gasteiger charge is 2.33. The van der Waals surface area contributed by atoms with Crippen molar-refractivity contribution in [2.45, 2.75) is 31.8 Å². The summed E-state index contributed by atoms with van der Waals surface area (Å²) in [6.07, 6.45) is 2.88. The molecule has 0 aromatic heterocycles. The van der Waals surface area contributed by atoms with Gasteiger partial charge in [0.05, 0.1) is 17.0 Å². The zero-order valence-electron chi connectivity index (χ0n) is 11.6. The molecule has 1 atom stereocenters. The highest BCUT2D eigenvalue weighted by atomic mass is 35.5. The Hall–Kier alpha value is -0.980. The molecule has 1 aromatic carbocycles. The van der Waals surface area contributed by atoms with Gasteiger partial charge in [-0.3, -0.25) is 9.10 Å². The first kappa shape index (κ1) is 16.4. The molecule has 2 rings (SSSR count). The number of amides is 1. The SMILES string of the molecule is C[C@H](C(=O)NC1CC1)N(c1cc(Cl)ccc1Cl)S(C)(=O)=O. The van der Waals surface area contributed by atoms with Gasteiger partial charge in [-0.05, 0) is 38.0 Å². The number of carbonyl (C=O) groups excluding carboxylic acids is 1. The molecule has 116 valence electrons. The number of hydrogen-bond acceptors (Lipinski definition) is 3. The van der Waals surface area contributed by atoms with Gasteiger partial charge in [-0.15, -0.1) is 0 Å². The van der Waals surface area contributed by atoms with Crippen molar-refractivity contribution in [2.75, 3.05) is 10.6 Å². The van der Waals surface area contributed by atoms with Crippen LogP contribution in [0.3, 0.4) is 0 Å². The van der Waals surface area contributed by atoms with E-state index in [1.165, 1.54) is 19.1 Å². The number of anilines is 1. The van der Waals surface area contributed by atoms with Gasteiger partial charge in [-0.2, -0.15) is 0 Å². The lowest BCUT2D eigenvalue weighted by atomic mass is 10.2. The van der Waals surface area contributed by atoms with E-state index in [4.69, 9.17) is 23.2 Å². The van der Waals surface area contributed by atoms with Gasteiger partial charge in [-0.25, -0.2) is 8.42 Å². The summed E-state index contributed by atoms with van der Waals surface area (Å²) < 4.78 is 25.2. The fraction of sp³-hybridized carbons (Fsp3) is 0.462. The maximum absolute atomic E-state index is 12.2. The molecule has 1 aromatic rings. The lowest BCUT2D eigenvalue weighted by Gasteiger charge is -2.29. The second-order valence-corrected chi connectivity index (χ2v) is 7.82. The molecule has 1 fully saturated rings. The normalized spacial score (nSPS) is 16.4. The zero-order chi connectivity index (χ0) is 15.8. The van der Waals surface area contributed by atoms with Crippen LogP contribution < -0.4 is 9.62 Å². The van der Waals surface area contributed by atoms with E-state index in [-0.39, 0.29) is 22.7 Å². The third-order valence-electron chi connectivity index (χ3n) is 3.16. The minimum Gasteiger partial charge on any atom is -0.352 e. The van der Waals surface area contributed by atoms with Crippen molar-refractivity contribution >= 4 is 44.8 Å². The molecule has 0 radical (unpaired) electrons. The van der Waals surface area contributed by atoms with E-state index < -0.39 is 16.1 Å². The van der Waals surface area contributed by atoms with Crippen LogP contribution in [0.2, 0.25) is 10.0 Å². The van der Waals surface area contributed by atoms with Crippen molar-refractivity contribution in [2.24, 2.45) is 0 Å². The van der Waals surface area contributed by atoms with Crippen LogP contribution in [0.15, 0.2) is 18.2 Å². The van der Waals surface area contributed by atoms with Gasteiger partial charge < -0.3 is 5.32 Å². The summed E-state index contributed by atoms with van der Waals surface area (Å²) in [4.78, 5) is 12.2. The Bertz CT molecular complexity index is 659. The third kappa shape index (κ3) is 4.02. The van der Waals surface area contributed by atoms with E-state index in [9.17, 15) is 13.2 Å². The topological polar surface area (TPSA) is 66.5 Å². The van der Waals surface area contributed by atoms with Gasteiger partial charge >= 0.3 is 0 Å². The Morgan fingerprint density at radius 1 is 1.38 bits per heavy atom. The number of nitrogens with zero attached hydrogens (tertiary/aromatic N) is 1. The van der Waals surface area contributed by atoms with Crippen molar-refractivity contribution < 1.29 is 13.2 Å². The van der Waals surface area contributed by atoms with Crippen LogP contribution in [-0.4, -0.2) is 32.7 Å². The summed E-state index contributed by atoms with van der Waals surface area (Å²) in [5, 5.41) is 3.35. The molecule has 1 aliphatic carbocycles. The second-order valence-electron chi connectivity index (χ2n) is 5.11. The maximum Gasteiger partial charge on any atom is 0.243 e. The average molecular weight is 351 g/mol. The van der Waals surface area contributed by atoms with Crippen LogP contribution in [0.1, 0.15) is 19.8 Å². The van der Waals surface area contributed by atoms with Crippen LogP contribution in [0.4, 0.5) is 5.69 Å². The Morgan fingerprint density at radius 2 is 2.00 bits per heavy atom. The van der Waals surface area contributed by atoms with Crippen LogP contribution >= 0.6 is 23.2 Å². The first-order valence-electron chi connectivity index (χ1n) is 6.45. The van der Waals surface area contributed by atoms with E-state index in [1.54, 1.807) is 6.07 Å². The molecule has 0 aliphatic heterocycles. The van der Waals surface area contributed by atoms with E-state index in [1.807, 2.05) is 0 Å². The number of sulfonamides is 1. The molecule has 0 saturated heterocycles. The van der Waals surface area contributed by atoms with E-state index >= 15 is 0 Å². The van der Waals surface area contributed by atoms with Gasteiger partial charge in [0.15, 0.2) is 0 Å². The Morgan fingerprint density at radius 3 is 2.52 bits per heavy atom. The molecule has 1 amide bonds. The standard InChI is InChI=1S/C13H16Cl2N2O3S/c1-8(13(18)16-10-4-5-10)17(21(2,19)20)12-7-9(14)3-6-11(12)15/h3,6-8,10H,4-5H2,1-2H3,(H,16,18)/t8-/m1/s1. The fourth-order valence-electron chi connectivity index (χ4n) is 1.99. The minimum absolute atomic E-state index is 0.149. The molecule has 0 spiro atoms. The number of hydrogen-bond donors (Lipinski definition) is 1. The number of rotatable bonds is 5. The summed E-state index contributed by atoms with van der Waals surface area (Å²) in [6, 6.07) is 3.74. The number of halogens is 2. The fourth-order valence-corrected chi connectivity index (χ4v) is 3.59. The lowest BCUT2D eigenvalue weighted by Crippen LogP contribution is -2.48. The predicted octanol–water partition coefficient (Wildman–Crippen LogP) is 2.43. The monoisotopic (exact) mass is 350 g/mol. The van der Waals surface area contributed by atoms with Gasteiger partial charge in [0.2, 0.25) is 15.9 Å². The van der Waals surface area contributed by atoms with Crippen molar-refractivity contribution in [3.05, 3.63) is 28.2 Å². The summed E-state index contributed by atoms with van der Waals surface area (Å²) >= 11 is 12.0. The maximum atomic E-state index is 12.2. The van der Waals surface area contributed by atoms with Gasteiger partial charge in [0, 0.05) is 11.1 Å². The molecule has 0 unspecified atom stereocenters. The quantitative estimate of drug-likeness (QED) is 0.886. The Balaban J connectivity index is 2.38. The van der Waals surface area contributed by atoms with Crippen LogP contribution in [-0.2, 0) is 14.8 Å². The molecular formula is C13H16Cl2N2O3S. The van der Waals surface area contributed by atoms with Gasteiger partial charge in [-0.1, -0.05) is 23.2 Å². The third-order valence-corrected chi connectivity index (χ3v) is 4.94. The van der Waals surface area contributed by atoms with Crippen molar-refractivity contribution in [1.82, 2.24) is 5.32 Å². The average Bonchev–Trinajstić information content (AvgIpc) is 3.16. The summed E-state index contributed by atoms with van der Waals surface area (Å²) in [6.45, 7) is 1.52. The second kappa shape index (κ2) is 6.02. The number of carbonyl (C=O) groups is 1.